The second kappa shape index (κ2) is 8.66. The Balaban J connectivity index is 1.45. The van der Waals surface area contributed by atoms with Gasteiger partial charge in [0.15, 0.2) is 5.69 Å². The monoisotopic (exact) mass is 438 g/mol. The van der Waals surface area contributed by atoms with Crippen LogP contribution >= 0.6 is 0 Å². The quantitative estimate of drug-likeness (QED) is 0.523. The van der Waals surface area contributed by atoms with Crippen LogP contribution in [0.25, 0.3) is 5.52 Å². The molecule has 1 fully saturated rings. The van der Waals surface area contributed by atoms with Gasteiger partial charge in [0, 0.05) is 24.3 Å². The van der Waals surface area contributed by atoms with Crippen LogP contribution in [0.2, 0.25) is 0 Å². The van der Waals surface area contributed by atoms with Gasteiger partial charge < -0.3 is 16.0 Å². The Morgan fingerprint density at radius 3 is 2.72 bits per heavy atom. The fourth-order valence-corrected chi connectivity index (χ4v) is 3.48. The molecule has 1 saturated carbocycles. The molecule has 1 aromatic carbocycles. The number of anilines is 1. The molecular formula is C22H23FN6O3. The Morgan fingerprint density at radius 1 is 1.22 bits per heavy atom. The maximum Gasteiger partial charge on any atom is 0.324 e. The van der Waals surface area contributed by atoms with Gasteiger partial charge in [0.25, 0.3) is 5.91 Å². The number of hydrogen-bond acceptors (Lipinski definition) is 4. The van der Waals surface area contributed by atoms with E-state index in [0.717, 1.165) is 12.8 Å². The van der Waals surface area contributed by atoms with Gasteiger partial charge in [0.1, 0.15) is 12.4 Å². The predicted octanol–water partition coefficient (Wildman–Crippen LogP) is 2.19. The summed E-state index contributed by atoms with van der Waals surface area (Å²) in [5, 5.41) is 5.33. The number of imidazole rings is 1. The van der Waals surface area contributed by atoms with Crippen LogP contribution in [-0.2, 0) is 11.3 Å². The lowest BCUT2D eigenvalue weighted by Gasteiger charge is -2.22. The second-order valence-electron chi connectivity index (χ2n) is 7.72. The summed E-state index contributed by atoms with van der Waals surface area (Å²) in [4.78, 5) is 42.7. The Labute approximate surface area is 183 Å². The zero-order valence-electron chi connectivity index (χ0n) is 17.5. The number of fused-ring (bicyclic) bond motifs is 1. The Hall–Kier alpha value is -3.95. The summed E-state index contributed by atoms with van der Waals surface area (Å²) in [6.45, 7) is 1.50. The number of nitrogens with two attached hydrogens (primary N) is 1. The molecular weight excluding hydrogens is 415 g/mol. The maximum absolute atomic E-state index is 14.1. The number of halogens is 1. The minimum Gasteiger partial charge on any atom is -0.364 e. The van der Waals surface area contributed by atoms with Crippen molar-refractivity contribution in [1.82, 2.24) is 19.6 Å². The molecule has 4 amide bonds. The molecule has 0 bridgehead atoms. The fourth-order valence-electron chi connectivity index (χ4n) is 3.48. The molecule has 1 aliphatic rings. The van der Waals surface area contributed by atoms with E-state index in [1.54, 1.807) is 53.9 Å². The van der Waals surface area contributed by atoms with Gasteiger partial charge in [-0.05, 0) is 37.5 Å². The van der Waals surface area contributed by atoms with Crippen LogP contribution < -0.4 is 16.4 Å². The molecule has 0 spiro atoms. The predicted molar refractivity (Wildman–Crippen MR) is 115 cm³/mol. The number of nitrogens with one attached hydrogen (secondary N) is 2. The van der Waals surface area contributed by atoms with Crippen molar-refractivity contribution < 1.29 is 18.8 Å². The van der Waals surface area contributed by atoms with Crippen LogP contribution in [-0.4, -0.2) is 44.7 Å². The molecule has 0 unspecified atom stereocenters. The van der Waals surface area contributed by atoms with E-state index in [1.807, 2.05) is 0 Å². The van der Waals surface area contributed by atoms with Gasteiger partial charge in [0.2, 0.25) is 11.9 Å². The van der Waals surface area contributed by atoms with Crippen molar-refractivity contribution in [2.45, 2.75) is 32.4 Å². The number of primary amides is 1. The van der Waals surface area contributed by atoms with Gasteiger partial charge in [-0.1, -0.05) is 24.3 Å². The largest absolute Gasteiger partial charge is 0.364 e. The number of benzene rings is 1. The van der Waals surface area contributed by atoms with E-state index in [9.17, 15) is 18.8 Å². The average Bonchev–Trinajstić information content (AvgIpc) is 3.54. The van der Waals surface area contributed by atoms with Crippen LogP contribution in [0.1, 0.15) is 34.5 Å². The summed E-state index contributed by atoms with van der Waals surface area (Å²) in [5.74, 6) is -1.34. The number of hydrogen-bond donors (Lipinski definition) is 3. The van der Waals surface area contributed by atoms with Crippen LogP contribution in [0, 0.1) is 12.7 Å². The van der Waals surface area contributed by atoms with Gasteiger partial charge in [-0.15, -0.1) is 0 Å². The van der Waals surface area contributed by atoms with Gasteiger partial charge >= 0.3 is 6.03 Å². The Morgan fingerprint density at radius 2 is 2.00 bits per heavy atom. The first-order chi connectivity index (χ1) is 15.3. The van der Waals surface area contributed by atoms with Crippen LogP contribution in [0.3, 0.4) is 0 Å². The molecule has 4 N–H and O–H groups in total. The third kappa shape index (κ3) is 4.39. The molecule has 4 rings (SSSR count). The minimum absolute atomic E-state index is 0.0271. The first kappa shape index (κ1) is 21.3. The van der Waals surface area contributed by atoms with Crippen LogP contribution in [0.5, 0.6) is 0 Å². The first-order valence-corrected chi connectivity index (χ1v) is 10.2. The number of aromatic nitrogens is 2. The first-order valence-electron chi connectivity index (χ1n) is 10.2. The highest BCUT2D eigenvalue weighted by atomic mass is 19.1. The van der Waals surface area contributed by atoms with E-state index >= 15 is 0 Å². The molecule has 0 saturated heterocycles. The number of aryl methyl sites for hydroxylation is 1. The molecule has 9 nitrogen and oxygen atoms in total. The number of nitrogens with zero attached hydrogens (tertiary/aromatic N) is 3. The molecule has 32 heavy (non-hydrogen) atoms. The van der Waals surface area contributed by atoms with E-state index in [0.29, 0.717) is 16.6 Å². The van der Waals surface area contributed by atoms with E-state index in [4.69, 9.17) is 5.73 Å². The van der Waals surface area contributed by atoms with Crippen molar-refractivity contribution in [2.75, 3.05) is 11.9 Å². The second-order valence-corrected chi connectivity index (χ2v) is 7.72. The van der Waals surface area contributed by atoms with Crippen molar-refractivity contribution >= 4 is 29.3 Å². The van der Waals surface area contributed by atoms with Crippen molar-refractivity contribution in [1.29, 1.82) is 0 Å². The van der Waals surface area contributed by atoms with Crippen LogP contribution in [0.4, 0.5) is 15.1 Å². The number of amides is 4. The van der Waals surface area contributed by atoms with Crippen molar-refractivity contribution in [3.8, 4) is 0 Å². The third-order valence-corrected chi connectivity index (χ3v) is 5.31. The average molecular weight is 438 g/mol. The topological polar surface area (TPSA) is 122 Å². The molecule has 1 aliphatic carbocycles. The summed E-state index contributed by atoms with van der Waals surface area (Å²) >= 11 is 0. The summed E-state index contributed by atoms with van der Waals surface area (Å²) in [5.41, 5.74) is 6.77. The van der Waals surface area contributed by atoms with Gasteiger partial charge in [0.05, 0.1) is 5.52 Å². The number of carbonyl (C=O) groups is 3. The van der Waals surface area contributed by atoms with Crippen molar-refractivity contribution in [3.05, 3.63) is 65.2 Å². The van der Waals surface area contributed by atoms with Crippen molar-refractivity contribution in [3.63, 3.8) is 0 Å². The molecule has 3 aromatic rings. The Kier molecular flexibility index (Phi) is 5.76. The lowest BCUT2D eigenvalue weighted by atomic mass is 10.1. The highest BCUT2D eigenvalue weighted by Crippen LogP contribution is 2.27. The number of carbonyl (C=O) groups excluding carboxylic acids is 3. The fraction of sp³-hybridized carbons (Fsp3) is 0.273. The molecule has 166 valence electrons. The zero-order valence-corrected chi connectivity index (χ0v) is 17.5. The number of urea groups is 1. The van der Waals surface area contributed by atoms with E-state index < -0.39 is 17.8 Å². The van der Waals surface area contributed by atoms with Gasteiger partial charge in [-0.25, -0.2) is 14.2 Å². The molecule has 2 heterocycles. The molecule has 0 aliphatic heterocycles. The van der Waals surface area contributed by atoms with E-state index in [1.165, 1.54) is 4.90 Å². The highest BCUT2D eigenvalue weighted by molar-refractivity contribution is 6.00. The number of pyridine rings is 1. The van der Waals surface area contributed by atoms with E-state index in [2.05, 4.69) is 15.6 Å². The molecule has 2 aromatic heterocycles. The lowest BCUT2D eigenvalue weighted by molar-refractivity contribution is -0.121. The van der Waals surface area contributed by atoms with Gasteiger partial charge in [-0.3, -0.25) is 19.3 Å². The minimum atomic E-state index is -0.712. The highest BCUT2D eigenvalue weighted by Gasteiger charge is 2.34. The number of rotatable bonds is 7. The summed E-state index contributed by atoms with van der Waals surface area (Å²) in [7, 11) is 0. The van der Waals surface area contributed by atoms with Crippen molar-refractivity contribution in [2.24, 2.45) is 5.73 Å². The molecule has 10 heteroatoms. The third-order valence-electron chi connectivity index (χ3n) is 5.31. The van der Waals surface area contributed by atoms with Crippen LogP contribution in [0.15, 0.2) is 42.6 Å². The maximum atomic E-state index is 14.1. The summed E-state index contributed by atoms with van der Waals surface area (Å²) < 4.78 is 15.7. The van der Waals surface area contributed by atoms with E-state index in [-0.39, 0.29) is 36.6 Å². The molecule has 0 atom stereocenters. The zero-order chi connectivity index (χ0) is 22.8. The summed E-state index contributed by atoms with van der Waals surface area (Å²) in [6.07, 6.45) is 3.21. The Bertz CT molecular complexity index is 1200. The SMILES string of the molecule is Cc1cccc(CNC(=O)CN(C(=O)Nc2nc(C(N)=O)c3ccccn23)C2CC2)c1F. The standard InChI is InChI=1S/C22H23FN6O3/c1-13-5-4-6-14(18(13)23)11-25-17(30)12-29(15-8-9-15)22(32)27-21-26-19(20(24)31)16-7-2-3-10-28(16)21/h2-7,10,15H,8-9,11-12H2,1H3,(H2,24,31)(H,25,30)(H,26,27,32). The molecule has 0 radical (unpaired) electrons. The van der Waals surface area contributed by atoms with Gasteiger partial charge in [-0.2, -0.15) is 0 Å². The normalized spacial score (nSPS) is 13.1. The smallest absolute Gasteiger partial charge is 0.324 e. The summed E-state index contributed by atoms with van der Waals surface area (Å²) in [6, 6.07) is 9.52. The lowest BCUT2D eigenvalue weighted by Crippen LogP contribution is -2.44.